The van der Waals surface area contributed by atoms with Crippen LogP contribution < -0.4 is 10.6 Å². The van der Waals surface area contributed by atoms with Gasteiger partial charge in [-0.05, 0) is 39.5 Å². The summed E-state index contributed by atoms with van der Waals surface area (Å²) in [4.78, 5) is 0. The highest BCUT2D eigenvalue weighted by molar-refractivity contribution is 4.35. The van der Waals surface area contributed by atoms with Crippen LogP contribution >= 0.6 is 0 Å². The molecular formula is C12H36N2. The molecule has 94 valence electrons. The van der Waals surface area contributed by atoms with Crippen LogP contribution in [0.15, 0.2) is 0 Å². The lowest BCUT2D eigenvalue weighted by molar-refractivity contribution is 0.703. The van der Waals surface area contributed by atoms with Crippen molar-refractivity contribution in [2.45, 2.75) is 55.9 Å². The zero-order valence-electron chi connectivity index (χ0n) is 8.54. The van der Waals surface area contributed by atoms with Gasteiger partial charge in [0.15, 0.2) is 0 Å². The lowest BCUT2D eigenvalue weighted by Crippen LogP contribution is -2.12. The van der Waals surface area contributed by atoms with Gasteiger partial charge in [0.1, 0.15) is 0 Å². The predicted octanol–water partition coefficient (Wildman–Crippen LogP) is 3.53. The van der Waals surface area contributed by atoms with Gasteiger partial charge in [0.25, 0.3) is 0 Å². The number of rotatable bonds is 5. The summed E-state index contributed by atoms with van der Waals surface area (Å²) in [5, 5.41) is 6.22. The number of hydrogen-bond acceptors (Lipinski definition) is 2. The van der Waals surface area contributed by atoms with Crippen LogP contribution in [0.3, 0.4) is 0 Å². The van der Waals surface area contributed by atoms with Gasteiger partial charge in [-0.25, -0.2) is 0 Å². The highest BCUT2D eigenvalue weighted by Gasteiger charge is 1.71. The van der Waals surface area contributed by atoms with Crippen molar-refractivity contribution in [3.05, 3.63) is 0 Å². The molecule has 0 aromatic rings. The maximum Gasteiger partial charge on any atom is -0.00517 e. The van der Waals surface area contributed by atoms with Crippen molar-refractivity contribution in [2.75, 3.05) is 26.7 Å². The Bertz CT molecular complexity index is 41.6. The van der Waals surface area contributed by atoms with Crippen LogP contribution in [0.25, 0.3) is 0 Å². The quantitative estimate of drug-likeness (QED) is 0.675. The van der Waals surface area contributed by atoms with E-state index in [1.165, 1.54) is 12.8 Å². The topological polar surface area (TPSA) is 24.1 Å². The van der Waals surface area contributed by atoms with E-state index >= 15 is 0 Å². The molecule has 0 atom stereocenters. The van der Waals surface area contributed by atoms with Crippen LogP contribution in [-0.2, 0) is 0 Å². The molecule has 0 amide bonds. The van der Waals surface area contributed by atoms with Gasteiger partial charge in [0.2, 0.25) is 0 Å². The molecule has 0 unspecified atom stereocenters. The van der Waals surface area contributed by atoms with Crippen LogP contribution in [0.2, 0.25) is 0 Å². The summed E-state index contributed by atoms with van der Waals surface area (Å²) in [5.74, 6) is 0. The fourth-order valence-corrected chi connectivity index (χ4v) is 0.604. The van der Waals surface area contributed by atoms with Gasteiger partial charge in [0.05, 0.1) is 0 Å². The molecule has 2 nitrogen and oxygen atoms in total. The lowest BCUT2D eigenvalue weighted by atomic mass is 10.5. The van der Waals surface area contributed by atoms with Crippen molar-refractivity contribution in [3.63, 3.8) is 0 Å². The summed E-state index contributed by atoms with van der Waals surface area (Å²) in [7, 11) is 1.96. The van der Waals surface area contributed by atoms with E-state index in [0.717, 1.165) is 19.6 Å². The van der Waals surface area contributed by atoms with E-state index in [1.54, 1.807) is 0 Å². The molecule has 0 fully saturated rings. The molecule has 0 saturated heterocycles. The van der Waals surface area contributed by atoms with Crippen LogP contribution in [0.4, 0.5) is 0 Å². The summed E-state index contributed by atoms with van der Waals surface area (Å²) < 4.78 is 0. The summed E-state index contributed by atoms with van der Waals surface area (Å²) in [6.45, 7) is 9.85. The first-order valence-corrected chi connectivity index (χ1v) is 4.68. The SMILES string of the molecule is C.C.C.CCCNC.CCCNCC. The van der Waals surface area contributed by atoms with E-state index < -0.39 is 0 Å². The molecule has 0 aliphatic heterocycles. The Kier molecular flexibility index (Phi) is 80.0. The molecule has 0 aliphatic rings. The molecule has 2 heteroatoms. The minimum absolute atomic E-state index is 0. The highest BCUT2D eigenvalue weighted by atomic mass is 14.8. The third-order valence-electron chi connectivity index (χ3n) is 1.18. The third-order valence-corrected chi connectivity index (χ3v) is 1.18. The number of nitrogens with one attached hydrogen (secondary N) is 2. The van der Waals surface area contributed by atoms with Gasteiger partial charge in [-0.2, -0.15) is 0 Å². The van der Waals surface area contributed by atoms with E-state index in [2.05, 4.69) is 31.4 Å². The minimum Gasteiger partial charge on any atom is -0.320 e. The minimum atomic E-state index is 0. The maximum absolute atomic E-state index is 3.20. The van der Waals surface area contributed by atoms with Gasteiger partial charge >= 0.3 is 0 Å². The van der Waals surface area contributed by atoms with Crippen molar-refractivity contribution in [1.29, 1.82) is 0 Å². The molecule has 0 aromatic carbocycles. The fraction of sp³-hybridized carbons (Fsp3) is 1.00. The molecule has 0 spiro atoms. The predicted molar refractivity (Wildman–Crippen MR) is 73.2 cm³/mol. The maximum atomic E-state index is 3.20. The monoisotopic (exact) mass is 208 g/mol. The fourth-order valence-electron chi connectivity index (χ4n) is 0.604. The van der Waals surface area contributed by atoms with Crippen LogP contribution in [0.1, 0.15) is 55.9 Å². The standard InChI is InChI=1S/C5H13N.C4H11N.3CH4/c1-3-5-6-4-2;1-3-4-5-2;;;/h6H,3-5H2,1-2H3;5H,3-4H2,1-2H3;3*1H4. The van der Waals surface area contributed by atoms with Crippen LogP contribution in [-0.4, -0.2) is 26.7 Å². The first-order valence-electron chi connectivity index (χ1n) is 4.68. The van der Waals surface area contributed by atoms with Crippen molar-refractivity contribution in [3.8, 4) is 0 Å². The summed E-state index contributed by atoms with van der Waals surface area (Å²) >= 11 is 0. The highest BCUT2D eigenvalue weighted by Crippen LogP contribution is 1.65. The van der Waals surface area contributed by atoms with Gasteiger partial charge in [-0.1, -0.05) is 43.1 Å². The smallest absolute Gasteiger partial charge is 0.00517 e. The first-order chi connectivity index (χ1) is 5.33. The van der Waals surface area contributed by atoms with Crippen LogP contribution in [0.5, 0.6) is 0 Å². The molecule has 2 N–H and O–H groups in total. The first kappa shape index (κ1) is 29.2. The molecule has 0 bridgehead atoms. The van der Waals surface area contributed by atoms with E-state index in [4.69, 9.17) is 0 Å². The third kappa shape index (κ3) is 58.7. The summed E-state index contributed by atoms with van der Waals surface area (Å²) in [6.07, 6.45) is 2.48. The van der Waals surface area contributed by atoms with E-state index in [-0.39, 0.29) is 22.3 Å². The van der Waals surface area contributed by atoms with Crippen LogP contribution in [0, 0.1) is 0 Å². The van der Waals surface area contributed by atoms with Gasteiger partial charge < -0.3 is 10.6 Å². The van der Waals surface area contributed by atoms with Crippen molar-refractivity contribution < 1.29 is 0 Å². The Morgan fingerprint density at radius 2 is 1.21 bits per heavy atom. The average Bonchev–Trinajstić information content (AvgIpc) is 2.04. The van der Waals surface area contributed by atoms with Crippen molar-refractivity contribution in [2.24, 2.45) is 0 Å². The Labute approximate surface area is 93.9 Å². The largest absolute Gasteiger partial charge is 0.320 e. The van der Waals surface area contributed by atoms with E-state index in [0.29, 0.717) is 0 Å². The molecule has 0 heterocycles. The second kappa shape index (κ2) is 38.3. The summed E-state index contributed by atoms with van der Waals surface area (Å²) in [6, 6.07) is 0. The summed E-state index contributed by atoms with van der Waals surface area (Å²) in [5.41, 5.74) is 0. The van der Waals surface area contributed by atoms with E-state index in [1.807, 2.05) is 7.05 Å². The zero-order valence-corrected chi connectivity index (χ0v) is 8.54. The molecule has 0 aromatic heterocycles. The van der Waals surface area contributed by atoms with Crippen molar-refractivity contribution in [1.82, 2.24) is 10.6 Å². The normalized spacial score (nSPS) is 6.86. The molecule has 0 radical (unpaired) electrons. The molecular weight excluding hydrogens is 172 g/mol. The van der Waals surface area contributed by atoms with E-state index in [9.17, 15) is 0 Å². The Hall–Kier alpha value is -0.0800. The van der Waals surface area contributed by atoms with Gasteiger partial charge in [-0.15, -0.1) is 0 Å². The van der Waals surface area contributed by atoms with Gasteiger partial charge in [0, 0.05) is 0 Å². The Balaban J connectivity index is -0.0000000321. The van der Waals surface area contributed by atoms with Crippen molar-refractivity contribution >= 4 is 0 Å². The second-order valence-electron chi connectivity index (χ2n) is 2.46. The molecule has 0 aliphatic carbocycles. The lowest BCUT2D eigenvalue weighted by Gasteiger charge is -1.91. The average molecular weight is 208 g/mol. The molecule has 0 saturated carbocycles. The zero-order chi connectivity index (χ0) is 8.95. The number of hydrogen-bond donors (Lipinski definition) is 2. The second-order valence-corrected chi connectivity index (χ2v) is 2.46. The Morgan fingerprint density at radius 3 is 1.29 bits per heavy atom. The molecule has 14 heavy (non-hydrogen) atoms. The van der Waals surface area contributed by atoms with Gasteiger partial charge in [-0.3, -0.25) is 0 Å². The molecule has 0 rings (SSSR count). The Morgan fingerprint density at radius 1 is 0.786 bits per heavy atom.